The van der Waals surface area contributed by atoms with Crippen molar-refractivity contribution in [2.24, 2.45) is 0 Å². The topological polar surface area (TPSA) is 54.1 Å². The maximum Gasteiger partial charge on any atom is 0.0995 e. The summed E-state index contributed by atoms with van der Waals surface area (Å²) in [6, 6.07) is 20.2. The smallest absolute Gasteiger partial charge is 0.0995 e. The third kappa shape index (κ3) is 3.81. The Bertz CT molecular complexity index is 709. The van der Waals surface area contributed by atoms with Crippen LogP contribution in [0.3, 0.4) is 0 Å². The van der Waals surface area contributed by atoms with E-state index in [-0.39, 0.29) is 0 Å². The van der Waals surface area contributed by atoms with Gasteiger partial charge in [-0.05, 0) is 23.3 Å². The molecule has 120 valence electrons. The van der Waals surface area contributed by atoms with Crippen molar-refractivity contribution in [1.82, 2.24) is 9.80 Å². The standard InChI is InChI=1S/C20H20N4/c21-13-17-5-1-3-7-19(17)15-23-9-11-24(12-10-23)16-20-8-4-2-6-18(20)14-22/h1-8H,9-12,15-16H2. The van der Waals surface area contributed by atoms with Gasteiger partial charge < -0.3 is 0 Å². The first-order valence-electron chi connectivity index (χ1n) is 8.21. The molecule has 1 fully saturated rings. The molecule has 1 saturated heterocycles. The molecule has 4 nitrogen and oxygen atoms in total. The zero-order valence-corrected chi connectivity index (χ0v) is 13.7. The van der Waals surface area contributed by atoms with Crippen LogP contribution in [0.15, 0.2) is 48.5 Å². The minimum atomic E-state index is 0.767. The Balaban J connectivity index is 1.56. The summed E-state index contributed by atoms with van der Waals surface area (Å²) in [4.78, 5) is 4.78. The first kappa shape index (κ1) is 16.2. The molecule has 0 amide bonds. The van der Waals surface area contributed by atoms with Gasteiger partial charge in [0.15, 0.2) is 0 Å². The summed E-state index contributed by atoms with van der Waals surface area (Å²) in [6.45, 7) is 5.57. The lowest BCUT2D eigenvalue weighted by atomic mass is 10.1. The molecule has 0 bridgehead atoms. The van der Waals surface area contributed by atoms with Gasteiger partial charge in [-0.25, -0.2) is 0 Å². The van der Waals surface area contributed by atoms with E-state index in [2.05, 4.69) is 21.9 Å². The molecule has 24 heavy (non-hydrogen) atoms. The summed E-state index contributed by atoms with van der Waals surface area (Å²) in [5.41, 5.74) is 3.73. The van der Waals surface area contributed by atoms with Gasteiger partial charge in [-0.3, -0.25) is 9.80 Å². The molecule has 4 heteroatoms. The number of benzene rings is 2. The van der Waals surface area contributed by atoms with Gasteiger partial charge in [0, 0.05) is 39.3 Å². The van der Waals surface area contributed by atoms with E-state index in [4.69, 9.17) is 0 Å². The number of hydrogen-bond donors (Lipinski definition) is 0. The molecule has 1 heterocycles. The second-order valence-electron chi connectivity index (χ2n) is 6.09. The van der Waals surface area contributed by atoms with Gasteiger partial charge in [0.1, 0.15) is 0 Å². The van der Waals surface area contributed by atoms with Gasteiger partial charge in [0.05, 0.1) is 23.3 Å². The van der Waals surface area contributed by atoms with E-state index < -0.39 is 0 Å². The Kier molecular flexibility index (Phi) is 5.23. The van der Waals surface area contributed by atoms with Crippen LogP contribution in [0.5, 0.6) is 0 Å². The summed E-state index contributed by atoms with van der Waals surface area (Å²) >= 11 is 0. The van der Waals surface area contributed by atoms with Crippen LogP contribution in [0, 0.1) is 22.7 Å². The average Bonchev–Trinajstić information content (AvgIpc) is 2.64. The summed E-state index contributed by atoms with van der Waals surface area (Å²) in [7, 11) is 0. The van der Waals surface area contributed by atoms with Crippen molar-refractivity contribution < 1.29 is 0 Å². The van der Waals surface area contributed by atoms with Crippen LogP contribution in [0.2, 0.25) is 0 Å². The van der Waals surface area contributed by atoms with Crippen molar-refractivity contribution in [3.8, 4) is 12.1 Å². The molecule has 0 aromatic heterocycles. The van der Waals surface area contributed by atoms with Gasteiger partial charge in [-0.1, -0.05) is 36.4 Å². The highest BCUT2D eigenvalue weighted by molar-refractivity contribution is 5.38. The van der Waals surface area contributed by atoms with E-state index in [0.717, 1.165) is 61.5 Å². The molecule has 0 unspecified atom stereocenters. The van der Waals surface area contributed by atoms with Crippen LogP contribution in [-0.2, 0) is 13.1 Å². The SMILES string of the molecule is N#Cc1ccccc1CN1CCN(Cc2ccccc2C#N)CC1. The average molecular weight is 316 g/mol. The first-order chi connectivity index (χ1) is 11.8. The molecule has 0 aliphatic carbocycles. The minimum absolute atomic E-state index is 0.767. The largest absolute Gasteiger partial charge is 0.296 e. The van der Waals surface area contributed by atoms with Crippen molar-refractivity contribution >= 4 is 0 Å². The summed E-state index contributed by atoms with van der Waals surface area (Å²) in [5.74, 6) is 0. The normalized spacial score (nSPS) is 15.6. The number of nitriles is 2. The second kappa shape index (κ2) is 7.75. The van der Waals surface area contributed by atoms with Crippen molar-refractivity contribution in [2.75, 3.05) is 26.2 Å². The monoisotopic (exact) mass is 316 g/mol. The molecule has 0 saturated carbocycles. The van der Waals surface area contributed by atoms with Crippen LogP contribution < -0.4 is 0 Å². The maximum absolute atomic E-state index is 9.20. The number of rotatable bonds is 4. The van der Waals surface area contributed by atoms with E-state index in [1.165, 1.54) is 0 Å². The predicted molar refractivity (Wildman–Crippen MR) is 92.9 cm³/mol. The maximum atomic E-state index is 9.20. The van der Waals surface area contributed by atoms with Crippen LogP contribution in [-0.4, -0.2) is 36.0 Å². The first-order valence-corrected chi connectivity index (χ1v) is 8.21. The van der Waals surface area contributed by atoms with Gasteiger partial charge >= 0.3 is 0 Å². The highest BCUT2D eigenvalue weighted by Gasteiger charge is 2.18. The van der Waals surface area contributed by atoms with Gasteiger partial charge in [-0.2, -0.15) is 10.5 Å². The third-order valence-electron chi connectivity index (χ3n) is 4.53. The number of nitrogens with zero attached hydrogens (tertiary/aromatic N) is 4. The van der Waals surface area contributed by atoms with Crippen molar-refractivity contribution in [3.05, 3.63) is 70.8 Å². The lowest BCUT2D eigenvalue weighted by Gasteiger charge is -2.35. The van der Waals surface area contributed by atoms with Gasteiger partial charge in [-0.15, -0.1) is 0 Å². The summed E-state index contributed by atoms with van der Waals surface area (Å²) < 4.78 is 0. The number of hydrogen-bond acceptors (Lipinski definition) is 4. The lowest BCUT2D eigenvalue weighted by Crippen LogP contribution is -2.45. The van der Waals surface area contributed by atoms with Gasteiger partial charge in [0.2, 0.25) is 0 Å². The molecule has 0 radical (unpaired) electrons. The Morgan fingerprint density at radius 2 is 1.04 bits per heavy atom. The van der Waals surface area contributed by atoms with Crippen LogP contribution in [0.4, 0.5) is 0 Å². The summed E-state index contributed by atoms with van der Waals surface area (Å²) in [6.07, 6.45) is 0. The number of piperazine rings is 1. The van der Waals surface area contributed by atoms with Crippen molar-refractivity contribution in [2.45, 2.75) is 13.1 Å². The van der Waals surface area contributed by atoms with Crippen LogP contribution >= 0.6 is 0 Å². The molecule has 0 spiro atoms. The minimum Gasteiger partial charge on any atom is -0.296 e. The van der Waals surface area contributed by atoms with E-state index in [0.29, 0.717) is 0 Å². The Hall–Kier alpha value is -2.66. The molecular weight excluding hydrogens is 296 g/mol. The molecule has 0 atom stereocenters. The van der Waals surface area contributed by atoms with Crippen LogP contribution in [0.1, 0.15) is 22.3 Å². The molecule has 2 aromatic carbocycles. The second-order valence-corrected chi connectivity index (χ2v) is 6.09. The van der Waals surface area contributed by atoms with Crippen molar-refractivity contribution in [1.29, 1.82) is 10.5 Å². The quantitative estimate of drug-likeness (QED) is 0.870. The molecule has 0 N–H and O–H groups in total. The predicted octanol–water partition coefficient (Wildman–Crippen LogP) is 2.75. The van der Waals surface area contributed by atoms with Crippen LogP contribution in [0.25, 0.3) is 0 Å². The third-order valence-corrected chi connectivity index (χ3v) is 4.53. The van der Waals surface area contributed by atoms with Gasteiger partial charge in [0.25, 0.3) is 0 Å². The fourth-order valence-electron chi connectivity index (χ4n) is 3.12. The molecule has 2 aromatic rings. The van der Waals surface area contributed by atoms with E-state index in [1.807, 2.05) is 48.5 Å². The molecule has 3 rings (SSSR count). The lowest BCUT2D eigenvalue weighted by molar-refractivity contribution is 0.122. The zero-order valence-electron chi connectivity index (χ0n) is 13.7. The summed E-state index contributed by atoms with van der Waals surface area (Å²) in [5, 5.41) is 18.4. The fourth-order valence-corrected chi connectivity index (χ4v) is 3.12. The zero-order chi connectivity index (χ0) is 16.8. The Morgan fingerprint density at radius 3 is 1.42 bits per heavy atom. The van der Waals surface area contributed by atoms with Crippen molar-refractivity contribution in [3.63, 3.8) is 0 Å². The highest BCUT2D eigenvalue weighted by atomic mass is 15.3. The fraction of sp³-hybridized carbons (Fsp3) is 0.300. The highest BCUT2D eigenvalue weighted by Crippen LogP contribution is 2.15. The molecular formula is C20H20N4. The molecule has 1 aliphatic heterocycles. The van der Waals surface area contributed by atoms with E-state index in [9.17, 15) is 10.5 Å². The Morgan fingerprint density at radius 1 is 0.667 bits per heavy atom. The Labute approximate surface area is 143 Å². The molecule has 1 aliphatic rings. The van der Waals surface area contributed by atoms with E-state index >= 15 is 0 Å². The van der Waals surface area contributed by atoms with E-state index in [1.54, 1.807) is 0 Å².